The highest BCUT2D eigenvalue weighted by Crippen LogP contribution is 2.19. The van der Waals surface area contributed by atoms with Crippen LogP contribution in [0.2, 0.25) is 0 Å². The van der Waals surface area contributed by atoms with Crippen molar-refractivity contribution in [3.8, 4) is 0 Å². The van der Waals surface area contributed by atoms with E-state index in [1.807, 2.05) is 11.1 Å². The van der Waals surface area contributed by atoms with Crippen molar-refractivity contribution in [1.82, 2.24) is 14.5 Å². The maximum Gasteiger partial charge on any atom is 0.297 e. The second kappa shape index (κ2) is 3.64. The zero-order chi connectivity index (χ0) is 11.0. The molecule has 2 aromatic rings. The van der Waals surface area contributed by atoms with Gasteiger partial charge < -0.3 is 19.0 Å². The van der Waals surface area contributed by atoms with Crippen LogP contribution in [-0.4, -0.2) is 26.2 Å². The molecule has 0 spiro atoms. The highest BCUT2D eigenvalue weighted by molar-refractivity contribution is 5.28. The summed E-state index contributed by atoms with van der Waals surface area (Å²) >= 11 is 0. The van der Waals surface area contributed by atoms with E-state index in [0.29, 0.717) is 18.3 Å². The lowest BCUT2D eigenvalue weighted by molar-refractivity contribution is 0.276. The Labute approximate surface area is 92.1 Å². The van der Waals surface area contributed by atoms with Crippen LogP contribution < -0.4 is 4.90 Å². The van der Waals surface area contributed by atoms with E-state index in [9.17, 15) is 0 Å². The molecule has 16 heavy (non-hydrogen) atoms. The largest absolute Gasteiger partial charge is 0.432 e. The molecule has 6 nitrogen and oxygen atoms in total. The van der Waals surface area contributed by atoms with Crippen LogP contribution in [0, 0.1) is 0 Å². The van der Waals surface area contributed by atoms with Crippen molar-refractivity contribution in [3.05, 3.63) is 30.2 Å². The molecule has 3 rings (SSSR count). The smallest absolute Gasteiger partial charge is 0.297 e. The van der Waals surface area contributed by atoms with Crippen molar-refractivity contribution in [1.29, 1.82) is 0 Å². The average molecular weight is 220 g/mol. The number of aliphatic hydroxyl groups is 1. The van der Waals surface area contributed by atoms with Crippen LogP contribution in [0.15, 0.2) is 23.1 Å². The molecule has 0 bridgehead atoms. The molecular formula is C10H12N4O2. The fourth-order valence-corrected chi connectivity index (χ4v) is 1.85. The first kappa shape index (κ1) is 9.41. The van der Waals surface area contributed by atoms with Crippen molar-refractivity contribution in [2.24, 2.45) is 0 Å². The van der Waals surface area contributed by atoms with Gasteiger partial charge in [-0.3, -0.25) is 0 Å². The van der Waals surface area contributed by atoms with E-state index in [4.69, 9.17) is 9.52 Å². The Morgan fingerprint density at radius 3 is 3.19 bits per heavy atom. The molecule has 1 N–H and O–H groups in total. The molecule has 0 aliphatic carbocycles. The van der Waals surface area contributed by atoms with Gasteiger partial charge in [0.15, 0.2) is 0 Å². The Morgan fingerprint density at radius 2 is 2.38 bits per heavy atom. The van der Waals surface area contributed by atoms with E-state index >= 15 is 0 Å². The summed E-state index contributed by atoms with van der Waals surface area (Å²) in [5, 5.41) is 8.92. The van der Waals surface area contributed by atoms with Gasteiger partial charge >= 0.3 is 0 Å². The summed E-state index contributed by atoms with van der Waals surface area (Å²) in [5.41, 5.74) is 0.559. The summed E-state index contributed by atoms with van der Waals surface area (Å²) in [4.78, 5) is 10.5. The maximum atomic E-state index is 8.92. The van der Waals surface area contributed by atoms with E-state index in [1.54, 1.807) is 6.20 Å². The molecule has 2 aromatic heterocycles. The Hall–Kier alpha value is -1.82. The Morgan fingerprint density at radius 1 is 1.44 bits per heavy atom. The summed E-state index contributed by atoms with van der Waals surface area (Å²) in [7, 11) is 0. The van der Waals surface area contributed by atoms with Crippen molar-refractivity contribution in [2.45, 2.75) is 19.7 Å². The van der Waals surface area contributed by atoms with Crippen molar-refractivity contribution < 1.29 is 9.52 Å². The van der Waals surface area contributed by atoms with Crippen LogP contribution in [0.5, 0.6) is 0 Å². The summed E-state index contributed by atoms with van der Waals surface area (Å²) in [6.45, 7) is 2.32. The first-order valence-corrected chi connectivity index (χ1v) is 5.17. The first-order valence-electron chi connectivity index (χ1n) is 5.17. The topological polar surface area (TPSA) is 67.3 Å². The lowest BCUT2D eigenvalue weighted by atomic mass is 10.4. The fraction of sp³-hybridized carbons (Fsp3) is 0.400. The summed E-state index contributed by atoms with van der Waals surface area (Å²) in [6.07, 6.45) is 5.26. The Balaban J connectivity index is 1.83. The lowest BCUT2D eigenvalue weighted by Crippen LogP contribution is -2.33. The van der Waals surface area contributed by atoms with Crippen LogP contribution in [-0.2, 0) is 19.7 Å². The van der Waals surface area contributed by atoms with E-state index in [-0.39, 0.29) is 6.61 Å². The highest BCUT2D eigenvalue weighted by Gasteiger charge is 2.20. The molecule has 0 saturated carbocycles. The Kier molecular flexibility index (Phi) is 2.14. The number of aliphatic hydroxyl groups excluding tert-OH is 1. The standard InChI is InChI=1S/C10H12N4O2/c15-6-8-7-16-10(12-8)14-4-3-13-2-1-11-9(13)5-14/h1-2,7,15H,3-6H2. The van der Waals surface area contributed by atoms with Gasteiger partial charge in [0.1, 0.15) is 17.8 Å². The molecule has 0 atom stereocenters. The minimum atomic E-state index is -0.0913. The van der Waals surface area contributed by atoms with Gasteiger partial charge in [-0.25, -0.2) is 4.98 Å². The molecule has 0 radical (unpaired) electrons. The molecule has 3 heterocycles. The molecule has 0 unspecified atom stereocenters. The van der Waals surface area contributed by atoms with Gasteiger partial charge in [0, 0.05) is 25.5 Å². The molecular weight excluding hydrogens is 208 g/mol. The zero-order valence-electron chi connectivity index (χ0n) is 8.70. The molecule has 84 valence electrons. The SMILES string of the molecule is OCc1coc(N2CCn3ccnc3C2)n1. The van der Waals surface area contributed by atoms with E-state index in [1.165, 1.54) is 6.26 Å². The number of imidazole rings is 1. The summed E-state index contributed by atoms with van der Waals surface area (Å²) in [5.74, 6) is 1.01. The summed E-state index contributed by atoms with van der Waals surface area (Å²) < 4.78 is 7.42. The molecule has 1 aliphatic rings. The van der Waals surface area contributed by atoms with Gasteiger partial charge in [-0.1, -0.05) is 0 Å². The monoisotopic (exact) mass is 220 g/mol. The fourth-order valence-electron chi connectivity index (χ4n) is 1.85. The van der Waals surface area contributed by atoms with Gasteiger partial charge in [-0.05, 0) is 0 Å². The van der Waals surface area contributed by atoms with Gasteiger partial charge in [0.25, 0.3) is 6.01 Å². The molecule has 0 saturated heterocycles. The number of hydrogen-bond acceptors (Lipinski definition) is 5. The third-order valence-electron chi connectivity index (χ3n) is 2.72. The number of anilines is 1. The van der Waals surface area contributed by atoms with E-state index < -0.39 is 0 Å². The molecule has 0 fully saturated rings. The number of fused-ring (bicyclic) bond motifs is 1. The van der Waals surface area contributed by atoms with Crippen LogP contribution >= 0.6 is 0 Å². The maximum absolute atomic E-state index is 8.92. The molecule has 6 heteroatoms. The minimum Gasteiger partial charge on any atom is -0.432 e. The number of hydrogen-bond donors (Lipinski definition) is 1. The van der Waals surface area contributed by atoms with Crippen molar-refractivity contribution >= 4 is 6.01 Å². The molecule has 1 aliphatic heterocycles. The second-order valence-corrected chi connectivity index (χ2v) is 3.74. The second-order valence-electron chi connectivity index (χ2n) is 3.74. The molecule has 0 amide bonds. The third kappa shape index (κ3) is 1.47. The Bertz CT molecular complexity index is 490. The predicted octanol–water partition coefficient (Wildman–Crippen LogP) is 0.384. The van der Waals surface area contributed by atoms with E-state index in [0.717, 1.165) is 18.9 Å². The third-order valence-corrected chi connectivity index (χ3v) is 2.72. The van der Waals surface area contributed by atoms with Gasteiger partial charge in [-0.15, -0.1) is 0 Å². The summed E-state index contributed by atoms with van der Waals surface area (Å²) in [6, 6.07) is 0.554. The molecule has 0 aromatic carbocycles. The van der Waals surface area contributed by atoms with Gasteiger partial charge in [0.05, 0.1) is 13.2 Å². The highest BCUT2D eigenvalue weighted by atomic mass is 16.4. The first-order chi connectivity index (χ1) is 7.86. The van der Waals surface area contributed by atoms with Crippen LogP contribution in [0.3, 0.4) is 0 Å². The average Bonchev–Trinajstić information content (AvgIpc) is 2.96. The van der Waals surface area contributed by atoms with Crippen LogP contribution in [0.1, 0.15) is 11.5 Å². The van der Waals surface area contributed by atoms with Crippen molar-refractivity contribution in [3.63, 3.8) is 0 Å². The van der Waals surface area contributed by atoms with Crippen molar-refractivity contribution in [2.75, 3.05) is 11.4 Å². The number of aromatic nitrogens is 3. The minimum absolute atomic E-state index is 0.0913. The quantitative estimate of drug-likeness (QED) is 0.792. The lowest BCUT2D eigenvalue weighted by Gasteiger charge is -2.25. The normalized spacial score (nSPS) is 15.2. The van der Waals surface area contributed by atoms with E-state index in [2.05, 4.69) is 14.5 Å². The number of nitrogens with zero attached hydrogens (tertiary/aromatic N) is 4. The van der Waals surface area contributed by atoms with Gasteiger partial charge in [0.2, 0.25) is 0 Å². The zero-order valence-corrected chi connectivity index (χ0v) is 8.70. The number of oxazole rings is 1. The van der Waals surface area contributed by atoms with Crippen LogP contribution in [0.25, 0.3) is 0 Å². The van der Waals surface area contributed by atoms with Crippen LogP contribution in [0.4, 0.5) is 6.01 Å². The predicted molar refractivity (Wildman–Crippen MR) is 55.7 cm³/mol. The number of rotatable bonds is 2. The van der Waals surface area contributed by atoms with Gasteiger partial charge in [-0.2, -0.15) is 4.98 Å².